The molecule has 1 aliphatic rings. The minimum Gasteiger partial charge on any atom is -0.339 e. The molecule has 0 saturated carbocycles. The molecule has 0 spiro atoms. The highest BCUT2D eigenvalue weighted by atomic mass is 32.2. The van der Waals surface area contributed by atoms with Crippen LogP contribution in [0.2, 0.25) is 0 Å². The molecule has 3 rings (SSSR count). The molecule has 0 unspecified atom stereocenters. The third kappa shape index (κ3) is 4.60. The number of pyridine rings is 1. The molecule has 0 N–H and O–H groups in total. The highest BCUT2D eigenvalue weighted by Gasteiger charge is 2.30. The van der Waals surface area contributed by atoms with Crippen LogP contribution < -0.4 is 0 Å². The van der Waals surface area contributed by atoms with E-state index in [1.807, 2.05) is 30.9 Å². The van der Waals surface area contributed by atoms with E-state index in [4.69, 9.17) is 4.52 Å². The monoisotopic (exact) mass is 360 g/mol. The van der Waals surface area contributed by atoms with Gasteiger partial charge in [-0.1, -0.05) is 31.8 Å². The molecule has 0 aromatic carbocycles. The van der Waals surface area contributed by atoms with Crippen molar-refractivity contribution in [3.8, 4) is 0 Å². The van der Waals surface area contributed by atoms with E-state index in [-0.39, 0.29) is 17.9 Å². The summed E-state index contributed by atoms with van der Waals surface area (Å²) >= 11 is 1.54. The highest BCUT2D eigenvalue weighted by Crippen LogP contribution is 2.30. The van der Waals surface area contributed by atoms with Gasteiger partial charge in [-0.25, -0.2) is 0 Å². The van der Waals surface area contributed by atoms with E-state index in [0.29, 0.717) is 17.5 Å². The molecule has 7 heteroatoms. The molecule has 0 aliphatic carbocycles. The summed E-state index contributed by atoms with van der Waals surface area (Å²) in [5.74, 6) is 2.02. The first kappa shape index (κ1) is 17.9. The van der Waals surface area contributed by atoms with Gasteiger partial charge in [0, 0.05) is 29.8 Å². The van der Waals surface area contributed by atoms with Crippen molar-refractivity contribution in [3.05, 3.63) is 36.2 Å². The van der Waals surface area contributed by atoms with Crippen LogP contribution in [-0.4, -0.2) is 38.2 Å². The lowest BCUT2D eigenvalue weighted by molar-refractivity contribution is -0.130. The molecular formula is C18H24N4O2S. The minimum absolute atomic E-state index is 0.0794. The molecule has 1 amide bonds. The summed E-state index contributed by atoms with van der Waals surface area (Å²) in [6.45, 7) is 4.81. The van der Waals surface area contributed by atoms with Gasteiger partial charge in [0.1, 0.15) is 0 Å². The van der Waals surface area contributed by atoms with E-state index in [2.05, 4.69) is 15.1 Å². The summed E-state index contributed by atoms with van der Waals surface area (Å²) in [5, 5.41) is 4.16. The number of hydrogen-bond donors (Lipinski definition) is 0. The van der Waals surface area contributed by atoms with Crippen molar-refractivity contribution in [2.24, 2.45) is 0 Å². The Morgan fingerprint density at radius 2 is 2.12 bits per heavy atom. The Kier molecular flexibility index (Phi) is 6.07. The van der Waals surface area contributed by atoms with Gasteiger partial charge in [0.05, 0.1) is 11.8 Å². The van der Waals surface area contributed by atoms with Crippen LogP contribution >= 0.6 is 11.8 Å². The number of likely N-dealkylation sites (tertiary alicyclic amines) is 1. The lowest BCUT2D eigenvalue weighted by Gasteiger charge is -2.27. The molecule has 2 aromatic rings. The molecule has 1 aliphatic heterocycles. The Morgan fingerprint density at radius 3 is 2.84 bits per heavy atom. The maximum atomic E-state index is 12.9. The Balaban J connectivity index is 1.71. The maximum Gasteiger partial charge on any atom is 0.233 e. The van der Waals surface area contributed by atoms with Crippen molar-refractivity contribution in [1.82, 2.24) is 20.0 Å². The third-order valence-electron chi connectivity index (χ3n) is 4.33. The van der Waals surface area contributed by atoms with Crippen molar-refractivity contribution in [1.29, 1.82) is 0 Å². The van der Waals surface area contributed by atoms with Crippen LogP contribution in [0, 0.1) is 0 Å². The smallest absolute Gasteiger partial charge is 0.233 e. The standard InChI is InChI=1S/C18H24N4O2S/c1-13(2)18-20-17(21-24-18)15-6-4-3-5-11-22(15)16(23)12-25-14-7-9-19-10-8-14/h7-10,13,15H,3-6,11-12H2,1-2H3/t15-/m1/s1. The van der Waals surface area contributed by atoms with Crippen molar-refractivity contribution in [2.45, 2.75) is 56.4 Å². The fourth-order valence-electron chi connectivity index (χ4n) is 2.95. The molecule has 0 radical (unpaired) electrons. The Hall–Kier alpha value is -1.89. The second-order valence-electron chi connectivity index (χ2n) is 6.57. The number of amides is 1. The average molecular weight is 360 g/mol. The Morgan fingerprint density at radius 1 is 1.32 bits per heavy atom. The van der Waals surface area contributed by atoms with Crippen LogP contribution in [0.1, 0.15) is 63.2 Å². The number of nitrogens with zero attached hydrogens (tertiary/aromatic N) is 4. The van der Waals surface area contributed by atoms with Gasteiger partial charge in [0.25, 0.3) is 0 Å². The van der Waals surface area contributed by atoms with Crippen LogP contribution in [0.5, 0.6) is 0 Å². The summed E-state index contributed by atoms with van der Waals surface area (Å²) in [7, 11) is 0. The number of carbonyl (C=O) groups excluding carboxylic acids is 1. The van der Waals surface area contributed by atoms with Gasteiger partial charge in [-0.15, -0.1) is 11.8 Å². The van der Waals surface area contributed by atoms with Gasteiger partial charge < -0.3 is 9.42 Å². The zero-order valence-corrected chi connectivity index (χ0v) is 15.5. The van der Waals surface area contributed by atoms with Crippen LogP contribution in [-0.2, 0) is 4.79 Å². The van der Waals surface area contributed by atoms with E-state index in [1.165, 1.54) is 0 Å². The molecule has 25 heavy (non-hydrogen) atoms. The second kappa shape index (κ2) is 8.47. The molecule has 1 saturated heterocycles. The van der Waals surface area contributed by atoms with E-state index in [0.717, 1.165) is 37.1 Å². The number of carbonyl (C=O) groups is 1. The van der Waals surface area contributed by atoms with Crippen LogP contribution in [0.25, 0.3) is 0 Å². The molecule has 6 nitrogen and oxygen atoms in total. The van der Waals surface area contributed by atoms with Crippen molar-refractivity contribution in [2.75, 3.05) is 12.3 Å². The van der Waals surface area contributed by atoms with Gasteiger partial charge >= 0.3 is 0 Å². The summed E-state index contributed by atoms with van der Waals surface area (Å²) in [6.07, 6.45) is 7.62. The predicted molar refractivity (Wildman–Crippen MR) is 96.3 cm³/mol. The fraction of sp³-hybridized carbons (Fsp3) is 0.556. The number of thioether (sulfide) groups is 1. The van der Waals surface area contributed by atoms with Crippen molar-refractivity contribution in [3.63, 3.8) is 0 Å². The van der Waals surface area contributed by atoms with Crippen LogP contribution in [0.15, 0.2) is 33.9 Å². The number of hydrogen-bond acceptors (Lipinski definition) is 6. The number of aromatic nitrogens is 3. The first-order chi connectivity index (χ1) is 12.1. The first-order valence-electron chi connectivity index (χ1n) is 8.81. The number of rotatable bonds is 5. The maximum absolute atomic E-state index is 12.9. The Labute approximate surface area is 152 Å². The minimum atomic E-state index is -0.0794. The van der Waals surface area contributed by atoms with E-state index in [1.54, 1.807) is 24.2 Å². The SMILES string of the molecule is CC(C)c1nc([C@H]2CCCCCN2C(=O)CSc2ccncc2)no1. The van der Waals surface area contributed by atoms with Gasteiger partial charge in [0.2, 0.25) is 11.8 Å². The lowest BCUT2D eigenvalue weighted by Crippen LogP contribution is -2.36. The molecule has 1 atom stereocenters. The molecule has 3 heterocycles. The van der Waals surface area contributed by atoms with E-state index >= 15 is 0 Å². The summed E-state index contributed by atoms with van der Waals surface area (Å²) in [6, 6.07) is 3.77. The Bertz CT molecular complexity index is 689. The largest absolute Gasteiger partial charge is 0.339 e. The summed E-state index contributed by atoms with van der Waals surface area (Å²) < 4.78 is 5.37. The third-order valence-corrected chi connectivity index (χ3v) is 5.33. The van der Waals surface area contributed by atoms with Crippen molar-refractivity contribution >= 4 is 17.7 Å². The zero-order valence-electron chi connectivity index (χ0n) is 14.7. The summed E-state index contributed by atoms with van der Waals surface area (Å²) in [5.41, 5.74) is 0. The molecule has 134 valence electrons. The average Bonchev–Trinajstić information content (AvgIpc) is 2.99. The van der Waals surface area contributed by atoms with Gasteiger partial charge in [0.15, 0.2) is 5.82 Å². The quantitative estimate of drug-likeness (QED) is 0.755. The van der Waals surface area contributed by atoms with E-state index in [9.17, 15) is 4.79 Å². The van der Waals surface area contributed by atoms with E-state index < -0.39 is 0 Å². The molecular weight excluding hydrogens is 336 g/mol. The van der Waals surface area contributed by atoms with Crippen LogP contribution in [0.4, 0.5) is 0 Å². The fourth-order valence-corrected chi connectivity index (χ4v) is 3.72. The zero-order chi connectivity index (χ0) is 17.6. The van der Waals surface area contributed by atoms with Gasteiger partial charge in [-0.05, 0) is 25.0 Å². The topological polar surface area (TPSA) is 72.1 Å². The van der Waals surface area contributed by atoms with Crippen molar-refractivity contribution < 1.29 is 9.32 Å². The van der Waals surface area contributed by atoms with Gasteiger partial charge in [-0.3, -0.25) is 9.78 Å². The molecule has 1 fully saturated rings. The van der Waals surface area contributed by atoms with Crippen LogP contribution in [0.3, 0.4) is 0 Å². The highest BCUT2D eigenvalue weighted by molar-refractivity contribution is 8.00. The van der Waals surface area contributed by atoms with Gasteiger partial charge in [-0.2, -0.15) is 4.98 Å². The normalized spacial score (nSPS) is 18.4. The second-order valence-corrected chi connectivity index (χ2v) is 7.62. The summed E-state index contributed by atoms with van der Waals surface area (Å²) in [4.78, 5) is 24.4. The predicted octanol–water partition coefficient (Wildman–Crippen LogP) is 3.82. The lowest BCUT2D eigenvalue weighted by atomic mass is 10.1. The molecule has 2 aromatic heterocycles. The first-order valence-corrected chi connectivity index (χ1v) is 9.79. The molecule has 0 bridgehead atoms.